The van der Waals surface area contributed by atoms with Crippen LogP contribution in [0.15, 0.2) is 22.7 Å². The summed E-state index contributed by atoms with van der Waals surface area (Å²) in [7, 11) is 2.07. The summed E-state index contributed by atoms with van der Waals surface area (Å²) in [5.74, 6) is 1.08. The average molecular weight is 296 g/mol. The number of halogens is 1. The highest BCUT2D eigenvalue weighted by Crippen LogP contribution is 2.19. The Morgan fingerprint density at radius 3 is 2.94 bits per heavy atom. The van der Waals surface area contributed by atoms with Crippen LogP contribution >= 0.6 is 15.9 Å². The van der Waals surface area contributed by atoms with E-state index in [1.165, 1.54) is 5.52 Å². The van der Waals surface area contributed by atoms with Crippen LogP contribution < -0.4 is 5.32 Å². The van der Waals surface area contributed by atoms with Crippen molar-refractivity contribution in [3.8, 4) is 0 Å². The van der Waals surface area contributed by atoms with E-state index in [1.54, 1.807) is 0 Å². The summed E-state index contributed by atoms with van der Waals surface area (Å²) >= 11 is 3.47. The summed E-state index contributed by atoms with van der Waals surface area (Å²) in [5, 5.41) is 3.47. The number of aromatic nitrogens is 2. The maximum atomic E-state index is 4.65. The zero-order chi connectivity index (χ0) is 12.4. The lowest BCUT2D eigenvalue weighted by Crippen LogP contribution is -2.25. The number of fused-ring (bicyclic) bond motifs is 1. The molecule has 1 aromatic carbocycles. The molecule has 0 spiro atoms. The number of imidazole rings is 1. The highest BCUT2D eigenvalue weighted by atomic mass is 79.9. The Hall–Kier alpha value is -0.870. The van der Waals surface area contributed by atoms with E-state index >= 15 is 0 Å². The first-order valence-electron chi connectivity index (χ1n) is 5.96. The molecule has 0 fully saturated rings. The Labute approximate surface area is 110 Å². The van der Waals surface area contributed by atoms with Crippen molar-refractivity contribution in [3.05, 3.63) is 28.5 Å². The predicted molar refractivity (Wildman–Crippen MR) is 75.0 cm³/mol. The van der Waals surface area contributed by atoms with Gasteiger partial charge in [0.15, 0.2) is 0 Å². The normalized spacial score (nSPS) is 13.2. The summed E-state index contributed by atoms with van der Waals surface area (Å²) in [6.45, 7) is 5.20. The van der Waals surface area contributed by atoms with Crippen LogP contribution in [0.5, 0.6) is 0 Å². The summed E-state index contributed by atoms with van der Waals surface area (Å²) in [5.41, 5.74) is 2.22. The predicted octanol–water partition coefficient (Wildman–Crippen LogP) is 3.22. The Morgan fingerprint density at radius 1 is 1.47 bits per heavy atom. The van der Waals surface area contributed by atoms with Crippen molar-refractivity contribution in [2.45, 2.75) is 32.9 Å². The van der Waals surface area contributed by atoms with Crippen molar-refractivity contribution < 1.29 is 0 Å². The molecule has 3 nitrogen and oxygen atoms in total. The standard InChI is InChI=1S/C13H18BrN3/c1-4-9(2)15-8-13-16-11-7-10(14)5-6-12(11)17(13)3/h5-7,9,15H,4,8H2,1-3H3. The first kappa shape index (κ1) is 12.6. The van der Waals surface area contributed by atoms with Crippen molar-refractivity contribution in [1.82, 2.24) is 14.9 Å². The monoisotopic (exact) mass is 295 g/mol. The van der Waals surface area contributed by atoms with Gasteiger partial charge >= 0.3 is 0 Å². The topological polar surface area (TPSA) is 29.9 Å². The molecule has 92 valence electrons. The van der Waals surface area contributed by atoms with E-state index in [4.69, 9.17) is 0 Å². The summed E-state index contributed by atoms with van der Waals surface area (Å²) < 4.78 is 3.22. The third-order valence-electron chi connectivity index (χ3n) is 3.16. The highest BCUT2D eigenvalue weighted by Gasteiger charge is 2.08. The molecule has 0 aliphatic heterocycles. The first-order chi connectivity index (χ1) is 8.11. The molecule has 2 rings (SSSR count). The van der Waals surface area contributed by atoms with Gasteiger partial charge < -0.3 is 9.88 Å². The summed E-state index contributed by atoms with van der Waals surface area (Å²) in [6.07, 6.45) is 1.13. The van der Waals surface area contributed by atoms with Crippen LogP contribution in [0.2, 0.25) is 0 Å². The molecule has 17 heavy (non-hydrogen) atoms. The van der Waals surface area contributed by atoms with E-state index in [2.05, 4.69) is 69.9 Å². The van der Waals surface area contributed by atoms with Crippen LogP contribution in [-0.4, -0.2) is 15.6 Å². The summed E-state index contributed by atoms with van der Waals surface area (Å²) in [6, 6.07) is 6.73. The smallest absolute Gasteiger partial charge is 0.123 e. The lowest BCUT2D eigenvalue weighted by Gasteiger charge is -2.10. The fraction of sp³-hybridized carbons (Fsp3) is 0.462. The molecule has 1 N–H and O–H groups in total. The molecule has 0 saturated carbocycles. The molecule has 0 aliphatic rings. The minimum absolute atomic E-state index is 0.529. The Morgan fingerprint density at radius 2 is 2.24 bits per heavy atom. The quantitative estimate of drug-likeness (QED) is 0.939. The molecule has 1 atom stereocenters. The van der Waals surface area contributed by atoms with Gasteiger partial charge in [-0.3, -0.25) is 0 Å². The van der Waals surface area contributed by atoms with Gasteiger partial charge in [-0.1, -0.05) is 22.9 Å². The molecule has 0 radical (unpaired) electrons. The van der Waals surface area contributed by atoms with Crippen LogP contribution in [0.25, 0.3) is 11.0 Å². The third kappa shape index (κ3) is 2.69. The average Bonchev–Trinajstić information content (AvgIpc) is 2.62. The van der Waals surface area contributed by atoms with Crippen molar-refractivity contribution in [1.29, 1.82) is 0 Å². The third-order valence-corrected chi connectivity index (χ3v) is 3.65. The van der Waals surface area contributed by atoms with Crippen LogP contribution in [0.3, 0.4) is 0 Å². The highest BCUT2D eigenvalue weighted by molar-refractivity contribution is 9.10. The Kier molecular flexibility index (Phi) is 3.84. The fourth-order valence-corrected chi connectivity index (χ4v) is 2.14. The van der Waals surface area contributed by atoms with Crippen molar-refractivity contribution in [2.24, 2.45) is 7.05 Å². The number of nitrogens with one attached hydrogen (secondary N) is 1. The zero-order valence-electron chi connectivity index (χ0n) is 10.5. The van der Waals surface area contributed by atoms with Crippen molar-refractivity contribution in [3.63, 3.8) is 0 Å². The number of aryl methyl sites for hydroxylation is 1. The van der Waals surface area contributed by atoms with Crippen LogP contribution in [0.4, 0.5) is 0 Å². The van der Waals surface area contributed by atoms with Crippen molar-refractivity contribution in [2.75, 3.05) is 0 Å². The van der Waals surface area contributed by atoms with Crippen molar-refractivity contribution >= 4 is 27.0 Å². The number of nitrogens with zero attached hydrogens (tertiary/aromatic N) is 2. The van der Waals surface area contributed by atoms with E-state index in [9.17, 15) is 0 Å². The molecular formula is C13H18BrN3. The first-order valence-corrected chi connectivity index (χ1v) is 6.75. The second-order valence-corrected chi connectivity index (χ2v) is 5.33. The summed E-state index contributed by atoms with van der Waals surface area (Å²) in [4.78, 5) is 4.65. The van der Waals surface area contributed by atoms with Gasteiger partial charge in [0, 0.05) is 17.6 Å². The molecule has 1 unspecified atom stereocenters. The van der Waals surface area contributed by atoms with E-state index in [-0.39, 0.29) is 0 Å². The molecular weight excluding hydrogens is 278 g/mol. The lowest BCUT2D eigenvalue weighted by molar-refractivity contribution is 0.517. The molecule has 0 aliphatic carbocycles. The molecule has 0 amide bonds. The second-order valence-electron chi connectivity index (χ2n) is 4.41. The van der Waals surface area contributed by atoms with Gasteiger partial charge in [0.2, 0.25) is 0 Å². The van der Waals surface area contributed by atoms with Gasteiger partial charge in [-0.15, -0.1) is 0 Å². The van der Waals surface area contributed by atoms with E-state index in [0.717, 1.165) is 28.8 Å². The van der Waals surface area contributed by atoms with Gasteiger partial charge in [-0.05, 0) is 31.5 Å². The minimum atomic E-state index is 0.529. The molecule has 1 heterocycles. The second kappa shape index (κ2) is 5.19. The number of rotatable bonds is 4. The SMILES string of the molecule is CCC(C)NCc1nc2cc(Br)ccc2n1C. The number of hydrogen-bond donors (Lipinski definition) is 1. The molecule has 0 saturated heterocycles. The maximum Gasteiger partial charge on any atom is 0.123 e. The fourth-order valence-electron chi connectivity index (χ4n) is 1.79. The van der Waals surface area contributed by atoms with Crippen LogP contribution in [-0.2, 0) is 13.6 Å². The van der Waals surface area contributed by atoms with E-state index in [1.807, 2.05) is 0 Å². The number of hydrogen-bond acceptors (Lipinski definition) is 2. The molecule has 1 aromatic heterocycles. The molecule has 2 aromatic rings. The minimum Gasteiger partial charge on any atom is -0.330 e. The number of benzene rings is 1. The van der Waals surface area contributed by atoms with E-state index < -0.39 is 0 Å². The lowest BCUT2D eigenvalue weighted by atomic mass is 10.2. The van der Waals surface area contributed by atoms with Gasteiger partial charge in [0.05, 0.1) is 17.6 Å². The molecule has 0 bridgehead atoms. The zero-order valence-corrected chi connectivity index (χ0v) is 12.1. The maximum absolute atomic E-state index is 4.65. The van der Waals surface area contributed by atoms with Gasteiger partial charge in [0.1, 0.15) is 5.82 Å². The van der Waals surface area contributed by atoms with Gasteiger partial charge in [-0.25, -0.2) is 4.98 Å². The van der Waals surface area contributed by atoms with Crippen LogP contribution in [0, 0.1) is 0 Å². The Bertz CT molecular complexity index is 519. The van der Waals surface area contributed by atoms with Gasteiger partial charge in [0.25, 0.3) is 0 Å². The molecule has 4 heteroatoms. The Balaban J connectivity index is 2.26. The largest absolute Gasteiger partial charge is 0.330 e. The van der Waals surface area contributed by atoms with E-state index in [0.29, 0.717) is 6.04 Å². The van der Waals surface area contributed by atoms with Gasteiger partial charge in [-0.2, -0.15) is 0 Å². The van der Waals surface area contributed by atoms with Crippen LogP contribution in [0.1, 0.15) is 26.1 Å².